The topological polar surface area (TPSA) is 157 Å². The molecule has 17 nitrogen and oxygen atoms in total. The number of hydrogen-bond donors (Lipinski definition) is 0. The predicted octanol–water partition coefficient (Wildman–Crippen LogP) is 18.0. The quantitative estimate of drug-likeness (QED) is 0.0590. The highest BCUT2D eigenvalue weighted by molar-refractivity contribution is 6.99. The Labute approximate surface area is 733 Å². The first-order valence-electron chi connectivity index (χ1n) is 46.6. The van der Waals surface area contributed by atoms with Crippen molar-refractivity contribution in [1.82, 2.24) is 0 Å². The van der Waals surface area contributed by atoms with Crippen LogP contribution in [-0.2, 0) is 100 Å². The Hall–Kier alpha value is -6.96. The molecule has 18 heteroatoms. The fourth-order valence-electron chi connectivity index (χ4n) is 23.4. The minimum absolute atomic E-state index is 0.0837. The Bertz CT molecular complexity index is 5050. The van der Waals surface area contributed by atoms with Crippen molar-refractivity contribution < 1.29 is 80.2 Å². The molecule has 0 bridgehead atoms. The predicted molar refractivity (Wildman–Crippen MR) is 481 cm³/mol. The van der Waals surface area contributed by atoms with Gasteiger partial charge in [0.1, 0.15) is 54.4 Å². The van der Waals surface area contributed by atoms with Gasteiger partial charge in [0.15, 0.2) is 5.79 Å². The van der Waals surface area contributed by atoms with Crippen molar-refractivity contribution in [2.45, 2.75) is 309 Å². The summed E-state index contributed by atoms with van der Waals surface area (Å²) in [5, 5.41) is 9.21. The van der Waals surface area contributed by atoms with Gasteiger partial charge >= 0.3 is 0 Å². The Morgan fingerprint density at radius 1 is 0.476 bits per heavy atom. The second-order valence-corrected chi connectivity index (χ2v) is 43.4. The van der Waals surface area contributed by atoms with Crippen molar-refractivity contribution in [2.75, 3.05) is 19.8 Å². The highest BCUT2D eigenvalue weighted by atomic mass is 28.4. The van der Waals surface area contributed by atoms with Crippen LogP contribution in [0.5, 0.6) is 0 Å². The molecule has 22 unspecified atom stereocenters. The molecule has 0 radical (unpaired) electrons. The van der Waals surface area contributed by atoms with Crippen molar-refractivity contribution in [2.24, 2.45) is 23.7 Å². The van der Waals surface area contributed by atoms with Crippen LogP contribution in [0.15, 0.2) is 237 Å². The van der Waals surface area contributed by atoms with Crippen LogP contribution >= 0.6 is 0 Å². The van der Waals surface area contributed by atoms with Crippen molar-refractivity contribution in [3.8, 4) is 0 Å². The van der Waals surface area contributed by atoms with E-state index in [0.29, 0.717) is 84.6 Å². The highest BCUT2D eigenvalue weighted by Crippen LogP contribution is 2.54. The first-order chi connectivity index (χ1) is 60.4. The van der Waals surface area contributed by atoms with Crippen LogP contribution in [0.4, 0.5) is 0 Å². The van der Waals surface area contributed by atoms with Gasteiger partial charge in [-0.25, -0.2) is 0 Å². The molecular formula is C106H126O17Si. The third-order valence-electron chi connectivity index (χ3n) is 30.1. The van der Waals surface area contributed by atoms with E-state index >= 15 is 0 Å². The standard InChI is InChI=1S/C106H126O17Si/c1-10-80-90(115-82-39-25-38-81-83(113-85(82)48-52-112-124(104(6,7)8,78-33-13-11-14-34-78)79-35-15-12-16-36-79)46-47-84-88(114-81)58-94-101(119-84)102(100-86(116-94)37-23-24-50-107-100)110-64-71-42-45-74-29-19-22-32-77(74)57-71)60-95(108-62-69-40-43-72-27-17-20-30-75(72)55-69)105(9)96(118-80)61-91-92(122-105)54-65(2)53-87-89(117-91)59-93-97(120-87)67(4)98(109-63-70-41-44-73-28-18-21-31-76(73)56-70)103-99(121-93)66(3)68(5)106(123-103)49-26-51-111-106/h10-25,27-36,39-47,55-57,65-68,80-103H,1,26,37-38,48-54,58-64H2,2-9H3/b39-25-/t65-,66+,67-,68+,80?,81?,82?,83?,84?,85?,86?,87?,88?,89?,90?,91?,92?,93?,94?,95+,96?,97?,98+,99?,100?,101?,102-,103?,105+,106?/m1/s1. The third-order valence-corrected chi connectivity index (χ3v) is 35.2. The number of rotatable bonds is 18. The van der Waals surface area contributed by atoms with Gasteiger partial charge in [-0.15, -0.1) is 6.58 Å². The zero-order valence-electron chi connectivity index (χ0n) is 73.3. The summed E-state index contributed by atoms with van der Waals surface area (Å²) >= 11 is 0. The van der Waals surface area contributed by atoms with Crippen molar-refractivity contribution >= 4 is 51.0 Å². The van der Waals surface area contributed by atoms with Crippen LogP contribution in [0.1, 0.15) is 143 Å². The summed E-state index contributed by atoms with van der Waals surface area (Å²) in [4.78, 5) is 0. The Kier molecular flexibility index (Phi) is 24.8. The fraction of sp³-hybridized carbons (Fsp3) is 0.528. The second kappa shape index (κ2) is 36.2. The molecule has 30 atom stereocenters. The average molecular weight is 1700 g/mol. The highest BCUT2D eigenvalue weighted by Gasteiger charge is 2.63. The molecule has 1 spiro atoms. The molecule has 0 saturated carbocycles. The van der Waals surface area contributed by atoms with Gasteiger partial charge < -0.3 is 80.2 Å². The molecule has 0 aliphatic carbocycles. The summed E-state index contributed by atoms with van der Waals surface area (Å²) in [5.74, 6) is -0.433. The van der Waals surface area contributed by atoms with Gasteiger partial charge in [0.2, 0.25) is 0 Å². The summed E-state index contributed by atoms with van der Waals surface area (Å²) in [5.41, 5.74) is 2.28. The summed E-state index contributed by atoms with van der Waals surface area (Å²) in [6.45, 7) is 25.7. The number of hydrogen-bond acceptors (Lipinski definition) is 17. The monoisotopic (exact) mass is 1700 g/mol. The van der Waals surface area contributed by atoms with Crippen LogP contribution < -0.4 is 10.4 Å². The van der Waals surface area contributed by atoms with Crippen LogP contribution in [0.25, 0.3) is 32.3 Å². The van der Waals surface area contributed by atoms with Gasteiger partial charge in [-0.05, 0) is 140 Å². The molecule has 12 heterocycles. The Balaban J connectivity index is 0.601. The van der Waals surface area contributed by atoms with Crippen LogP contribution in [-0.4, -0.2) is 186 Å². The molecule has 0 amide bonds. The molecular weight excluding hydrogens is 1570 g/mol. The summed E-state index contributed by atoms with van der Waals surface area (Å²) < 4.78 is 127. The number of ether oxygens (including phenoxy) is 16. The lowest BCUT2D eigenvalue weighted by atomic mass is 9.76. The van der Waals surface area contributed by atoms with E-state index in [0.717, 1.165) is 47.8 Å². The first kappa shape index (κ1) is 85.2. The van der Waals surface area contributed by atoms with E-state index in [9.17, 15) is 0 Å². The molecule has 9 fully saturated rings. The van der Waals surface area contributed by atoms with Gasteiger partial charge in [0.05, 0.1) is 131 Å². The maximum atomic E-state index is 7.93. The normalized spacial score (nSPS) is 38.8. The zero-order valence-corrected chi connectivity index (χ0v) is 74.3. The molecule has 12 aliphatic heterocycles. The van der Waals surface area contributed by atoms with E-state index in [-0.39, 0.29) is 108 Å². The minimum Gasteiger partial charge on any atom is -0.407 e. The number of fused-ring (bicyclic) bond motifs is 12. The van der Waals surface area contributed by atoms with Crippen molar-refractivity contribution in [3.63, 3.8) is 0 Å². The molecule has 656 valence electrons. The van der Waals surface area contributed by atoms with E-state index in [1.54, 1.807) is 0 Å². The molecule has 0 aromatic heterocycles. The molecule has 8 aromatic rings. The maximum Gasteiger partial charge on any atom is 0.261 e. The van der Waals surface area contributed by atoms with E-state index in [2.05, 4.69) is 286 Å². The van der Waals surface area contributed by atoms with Gasteiger partial charge in [0.25, 0.3) is 8.32 Å². The van der Waals surface area contributed by atoms with Crippen molar-refractivity contribution in [3.05, 3.63) is 254 Å². The molecule has 9 saturated heterocycles. The van der Waals surface area contributed by atoms with Crippen LogP contribution in [0.3, 0.4) is 0 Å². The molecule has 12 aliphatic rings. The summed E-state index contributed by atoms with van der Waals surface area (Å²) in [7, 11) is -3.06. The zero-order chi connectivity index (χ0) is 84.4. The maximum absolute atomic E-state index is 7.93. The van der Waals surface area contributed by atoms with E-state index < -0.39 is 86.8 Å². The smallest absolute Gasteiger partial charge is 0.261 e. The Morgan fingerprint density at radius 3 is 1.69 bits per heavy atom. The molecule has 124 heavy (non-hydrogen) atoms. The lowest BCUT2D eigenvalue weighted by Gasteiger charge is -2.53. The van der Waals surface area contributed by atoms with E-state index in [4.69, 9.17) is 80.2 Å². The summed E-state index contributed by atoms with van der Waals surface area (Å²) in [6.07, 6.45) is 12.6. The molecule has 20 rings (SSSR count). The van der Waals surface area contributed by atoms with Gasteiger partial charge in [-0.2, -0.15) is 0 Å². The average Bonchev–Trinajstić information content (AvgIpc) is 1.75. The largest absolute Gasteiger partial charge is 0.407 e. The lowest BCUT2D eigenvalue weighted by Crippen LogP contribution is -2.66. The SMILES string of the molecule is C=CC1OC2CC3OC4CC5OC6C(OC7(CCCO7)[C@@H](C)[C@@H]6C)[C@@H](OCc6ccc7ccccc7c6)[C@H](C)C5OC4C[C@@H](C)CC3O[C@@]2(C)[C@@H](OCc2ccc3ccccc3c2)CC1OC1/C=C\CC2OC3CC4OC5CC=CCOC5[C@@H](OCc5ccc6ccccc6c5)C4OC3C=CC2OC1CCO[Si](c1ccccc1)(c1ccccc1)C(C)(C)C. The van der Waals surface area contributed by atoms with Crippen molar-refractivity contribution in [1.29, 1.82) is 0 Å². The second-order valence-electron chi connectivity index (χ2n) is 39.0. The first-order valence-corrected chi connectivity index (χ1v) is 48.5. The van der Waals surface area contributed by atoms with Gasteiger partial charge in [0, 0.05) is 50.5 Å². The van der Waals surface area contributed by atoms with Gasteiger partial charge in [-0.3, -0.25) is 0 Å². The van der Waals surface area contributed by atoms with Crippen LogP contribution in [0.2, 0.25) is 5.04 Å². The third kappa shape index (κ3) is 16.8. The minimum atomic E-state index is -3.06. The number of benzene rings is 8. The van der Waals surface area contributed by atoms with Gasteiger partial charge in [-0.1, -0.05) is 261 Å². The van der Waals surface area contributed by atoms with E-state index in [1.165, 1.54) is 37.3 Å². The molecule has 0 N–H and O–H groups in total. The Morgan fingerprint density at radius 2 is 1.04 bits per heavy atom. The lowest BCUT2D eigenvalue weighted by molar-refractivity contribution is -0.342. The van der Waals surface area contributed by atoms with Crippen LogP contribution in [0, 0.1) is 23.7 Å². The summed E-state index contributed by atoms with van der Waals surface area (Å²) in [6, 6.07) is 67.0. The molecule has 8 aromatic carbocycles. The fourth-order valence-corrected chi connectivity index (χ4v) is 28.0. The van der Waals surface area contributed by atoms with E-state index in [1.807, 2.05) is 6.08 Å².